The van der Waals surface area contributed by atoms with Crippen molar-refractivity contribution in [3.05, 3.63) is 182 Å². The van der Waals surface area contributed by atoms with Gasteiger partial charge in [-0.2, -0.15) is 0 Å². The minimum atomic E-state index is -0.824. The summed E-state index contributed by atoms with van der Waals surface area (Å²) >= 11 is 0. The second-order valence-corrected chi connectivity index (χ2v) is 21.2. The van der Waals surface area contributed by atoms with E-state index in [-0.39, 0.29) is 37.5 Å². The van der Waals surface area contributed by atoms with Crippen LogP contribution in [0.25, 0.3) is 0 Å². The van der Waals surface area contributed by atoms with Crippen molar-refractivity contribution < 1.29 is 28.6 Å². The monoisotopic (exact) mass is 1140 g/mol. The first-order valence-electron chi connectivity index (χ1n) is 33.3. The smallest absolute Gasteiger partial charge is 0.306 e. The first-order chi connectivity index (χ1) is 41.0. The minimum absolute atomic E-state index is 0.114. The molecule has 1 unspecified atom stereocenters. The van der Waals surface area contributed by atoms with Crippen molar-refractivity contribution in [2.45, 2.75) is 271 Å². The largest absolute Gasteiger partial charge is 0.462 e. The van der Waals surface area contributed by atoms with E-state index in [1.165, 1.54) is 64.2 Å². The summed E-state index contributed by atoms with van der Waals surface area (Å²) in [6.07, 6.45) is 104. The molecule has 0 saturated carbocycles. The third-order valence-corrected chi connectivity index (χ3v) is 13.4. The average molecular weight is 1140 g/mol. The van der Waals surface area contributed by atoms with Crippen LogP contribution in [0, 0.1) is 0 Å². The van der Waals surface area contributed by atoms with Crippen LogP contribution in [-0.4, -0.2) is 37.2 Å². The van der Waals surface area contributed by atoms with Gasteiger partial charge in [0.25, 0.3) is 0 Å². The molecule has 464 valence electrons. The SMILES string of the molecule is CC/C=C\C/C=C\C/C=C\C/C=C\C/C=C\C/C=C\C/C=C\C/C=C\CCCCCCCCCCCCC(=O)OCC(COC(=O)CC/C=C\C/C=C\C/C=C\C/C=C\CC)OC(=O)CCCCCCCCC/C=C\C/C=C\C/C=C\CC. The molecule has 0 bridgehead atoms. The molecule has 0 aromatic rings. The van der Waals surface area contributed by atoms with Crippen LogP contribution in [0.5, 0.6) is 0 Å². The first kappa shape index (κ1) is 77.5. The van der Waals surface area contributed by atoms with Gasteiger partial charge in [-0.15, -0.1) is 0 Å². The molecule has 0 rings (SSSR count). The molecule has 0 heterocycles. The van der Waals surface area contributed by atoms with E-state index in [2.05, 4.69) is 191 Å². The molecule has 0 radical (unpaired) electrons. The zero-order chi connectivity index (χ0) is 59.9. The summed E-state index contributed by atoms with van der Waals surface area (Å²) in [5, 5.41) is 0. The molecule has 6 nitrogen and oxygen atoms in total. The molecule has 0 spiro atoms. The van der Waals surface area contributed by atoms with Crippen LogP contribution >= 0.6 is 0 Å². The summed E-state index contributed by atoms with van der Waals surface area (Å²) in [5.74, 6) is -1.02. The Kier molecular flexibility index (Phi) is 64.4. The van der Waals surface area contributed by atoms with Crippen LogP contribution < -0.4 is 0 Å². The van der Waals surface area contributed by atoms with Crippen LogP contribution in [-0.2, 0) is 28.6 Å². The van der Waals surface area contributed by atoms with E-state index < -0.39 is 6.10 Å². The lowest BCUT2D eigenvalue weighted by atomic mass is 10.1. The van der Waals surface area contributed by atoms with Gasteiger partial charge in [0, 0.05) is 19.3 Å². The molecule has 0 saturated heterocycles. The van der Waals surface area contributed by atoms with Crippen molar-refractivity contribution in [3.63, 3.8) is 0 Å². The van der Waals surface area contributed by atoms with Crippen molar-refractivity contribution in [3.8, 4) is 0 Å². The Morgan fingerprint density at radius 3 is 0.747 bits per heavy atom. The van der Waals surface area contributed by atoms with Crippen molar-refractivity contribution in [2.75, 3.05) is 13.2 Å². The van der Waals surface area contributed by atoms with Gasteiger partial charge in [-0.05, 0) is 141 Å². The fourth-order valence-corrected chi connectivity index (χ4v) is 8.55. The van der Waals surface area contributed by atoms with Gasteiger partial charge in [-0.25, -0.2) is 0 Å². The highest BCUT2D eigenvalue weighted by atomic mass is 16.6. The third-order valence-electron chi connectivity index (χ3n) is 13.4. The molecule has 83 heavy (non-hydrogen) atoms. The third kappa shape index (κ3) is 67.2. The second-order valence-electron chi connectivity index (χ2n) is 21.2. The topological polar surface area (TPSA) is 78.9 Å². The van der Waals surface area contributed by atoms with Crippen LogP contribution in [0.4, 0.5) is 0 Å². The van der Waals surface area contributed by atoms with E-state index in [1.807, 2.05) is 12.2 Å². The number of rotatable bonds is 58. The van der Waals surface area contributed by atoms with E-state index >= 15 is 0 Å². The molecular weight excluding hydrogens is 1020 g/mol. The van der Waals surface area contributed by atoms with Gasteiger partial charge < -0.3 is 14.2 Å². The predicted molar refractivity (Wildman–Crippen MR) is 361 cm³/mol. The van der Waals surface area contributed by atoms with E-state index in [0.717, 1.165) is 154 Å². The van der Waals surface area contributed by atoms with Crippen molar-refractivity contribution in [1.29, 1.82) is 0 Å². The summed E-state index contributed by atoms with van der Waals surface area (Å²) in [7, 11) is 0. The van der Waals surface area contributed by atoms with Crippen LogP contribution in [0.15, 0.2) is 182 Å². The van der Waals surface area contributed by atoms with Gasteiger partial charge in [-0.1, -0.05) is 287 Å². The highest BCUT2D eigenvalue weighted by molar-refractivity contribution is 5.71. The number of carbonyl (C=O) groups is 3. The van der Waals surface area contributed by atoms with Gasteiger partial charge in [0.05, 0.1) is 0 Å². The molecule has 1 atom stereocenters. The molecule has 0 aliphatic carbocycles. The fourth-order valence-electron chi connectivity index (χ4n) is 8.55. The van der Waals surface area contributed by atoms with Crippen LogP contribution in [0.1, 0.15) is 265 Å². The number of hydrogen-bond acceptors (Lipinski definition) is 6. The normalized spacial score (nSPS) is 13.3. The fraction of sp³-hybridized carbons (Fsp3) is 0.571. The molecule has 0 N–H and O–H groups in total. The summed E-state index contributed by atoms with van der Waals surface area (Å²) in [5.41, 5.74) is 0. The lowest BCUT2D eigenvalue weighted by molar-refractivity contribution is -0.166. The molecule has 0 aromatic carbocycles. The summed E-state index contributed by atoms with van der Waals surface area (Å²) in [4.78, 5) is 38.3. The maximum Gasteiger partial charge on any atom is 0.306 e. The van der Waals surface area contributed by atoms with Gasteiger partial charge in [-0.3, -0.25) is 14.4 Å². The Balaban J connectivity index is 4.30. The standard InChI is InChI=1S/C77H120O6/c1-4-7-10-13-16-19-22-25-27-29-30-31-32-33-34-35-36-37-38-39-40-41-42-43-44-45-46-48-49-52-55-58-61-64-67-70-76(79)82-73-74(72-81-75(78)69-66-63-60-57-54-51-24-21-18-15-12-9-6-3)83-77(80)71-68-65-62-59-56-53-50-47-28-26-23-20-17-14-11-8-5-2/h7-12,16-21,25-28,30-31,33-34,36-37,39-40,42-43,51,54,60,63,74H,4-6,13-15,22-24,29,32,35,38,41,44-50,52-53,55-59,61-62,64-73H2,1-3H3/b10-7-,11-8-,12-9-,19-16-,20-17-,21-18-,27-25-,28-26-,31-30-,34-33-,37-36-,40-39-,43-42-,54-51-,63-60-. The molecular formula is C77H120O6. The lowest BCUT2D eigenvalue weighted by Crippen LogP contribution is -2.30. The van der Waals surface area contributed by atoms with Crippen molar-refractivity contribution >= 4 is 17.9 Å². The Bertz CT molecular complexity index is 1940. The number of unbranched alkanes of at least 4 members (excludes halogenated alkanes) is 17. The van der Waals surface area contributed by atoms with E-state index in [4.69, 9.17) is 14.2 Å². The minimum Gasteiger partial charge on any atom is -0.462 e. The molecule has 0 aromatic heterocycles. The van der Waals surface area contributed by atoms with Gasteiger partial charge in [0.2, 0.25) is 0 Å². The summed E-state index contributed by atoms with van der Waals surface area (Å²) in [6.45, 7) is 6.22. The number of hydrogen-bond donors (Lipinski definition) is 0. The lowest BCUT2D eigenvalue weighted by Gasteiger charge is -2.18. The number of esters is 3. The summed E-state index contributed by atoms with van der Waals surface area (Å²) in [6, 6.07) is 0. The van der Waals surface area contributed by atoms with E-state index in [1.54, 1.807) is 0 Å². The molecule has 6 heteroatoms. The van der Waals surface area contributed by atoms with Crippen molar-refractivity contribution in [2.24, 2.45) is 0 Å². The first-order valence-corrected chi connectivity index (χ1v) is 33.3. The Morgan fingerprint density at radius 2 is 0.458 bits per heavy atom. The van der Waals surface area contributed by atoms with Gasteiger partial charge in [0.1, 0.15) is 13.2 Å². The Hall–Kier alpha value is -5.49. The van der Waals surface area contributed by atoms with Crippen molar-refractivity contribution in [1.82, 2.24) is 0 Å². The quantitative estimate of drug-likeness (QED) is 0.0261. The predicted octanol–water partition coefficient (Wildman–Crippen LogP) is 23.2. The second kappa shape index (κ2) is 69.0. The number of allylic oxidation sites excluding steroid dienone is 30. The highest BCUT2D eigenvalue weighted by Gasteiger charge is 2.19. The highest BCUT2D eigenvalue weighted by Crippen LogP contribution is 2.15. The molecule has 0 aliphatic rings. The molecule has 0 fully saturated rings. The number of ether oxygens (including phenoxy) is 3. The maximum absolute atomic E-state index is 12.9. The Morgan fingerprint density at radius 1 is 0.241 bits per heavy atom. The zero-order valence-corrected chi connectivity index (χ0v) is 53.1. The maximum atomic E-state index is 12.9. The summed E-state index contributed by atoms with van der Waals surface area (Å²) < 4.78 is 16.8. The van der Waals surface area contributed by atoms with Gasteiger partial charge in [0.15, 0.2) is 6.10 Å². The van der Waals surface area contributed by atoms with E-state index in [9.17, 15) is 14.4 Å². The molecule has 0 amide bonds. The van der Waals surface area contributed by atoms with Crippen LogP contribution in [0.3, 0.4) is 0 Å². The van der Waals surface area contributed by atoms with Crippen LogP contribution in [0.2, 0.25) is 0 Å². The van der Waals surface area contributed by atoms with Gasteiger partial charge >= 0.3 is 17.9 Å². The number of carbonyl (C=O) groups excluding carboxylic acids is 3. The molecule has 0 aliphatic heterocycles. The van der Waals surface area contributed by atoms with E-state index in [0.29, 0.717) is 19.3 Å². The Labute approximate surface area is 510 Å². The average Bonchev–Trinajstić information content (AvgIpc) is 3.49. The zero-order valence-electron chi connectivity index (χ0n) is 53.1.